The maximum atomic E-state index is 10.5. The lowest BCUT2D eigenvalue weighted by Gasteiger charge is -2.14. The molecule has 0 aliphatic carbocycles. The number of fused-ring (bicyclic) bond motifs is 1. The summed E-state index contributed by atoms with van der Waals surface area (Å²) in [5.41, 5.74) is 2.41. The predicted molar refractivity (Wildman–Crippen MR) is 77.3 cm³/mol. The summed E-state index contributed by atoms with van der Waals surface area (Å²) in [6, 6.07) is 18.9. The van der Waals surface area contributed by atoms with Gasteiger partial charge in [-0.2, -0.15) is 0 Å². The Balaban J connectivity index is 2.19. The zero-order valence-corrected chi connectivity index (χ0v) is 10.9. The highest BCUT2D eigenvalue weighted by Crippen LogP contribution is 2.29. The van der Waals surface area contributed by atoms with Crippen molar-refractivity contribution in [3.63, 3.8) is 0 Å². The highest BCUT2D eigenvalue weighted by molar-refractivity contribution is 6.30. The van der Waals surface area contributed by atoms with Crippen LogP contribution in [-0.2, 0) is 0 Å². The van der Waals surface area contributed by atoms with Crippen molar-refractivity contribution in [2.75, 3.05) is 0 Å². The Morgan fingerprint density at radius 2 is 1.63 bits per heavy atom. The number of rotatable bonds is 2. The summed E-state index contributed by atoms with van der Waals surface area (Å²) < 4.78 is 0. The molecule has 2 nitrogen and oxygen atoms in total. The summed E-state index contributed by atoms with van der Waals surface area (Å²) in [4.78, 5) is 4.27. The molecule has 0 saturated heterocycles. The normalized spacial score (nSPS) is 12.5. The van der Waals surface area contributed by atoms with Gasteiger partial charge in [0, 0.05) is 5.39 Å². The molecular formula is C16H12ClNO. The van der Waals surface area contributed by atoms with E-state index in [-0.39, 0.29) is 0 Å². The second-order valence-electron chi connectivity index (χ2n) is 4.36. The van der Waals surface area contributed by atoms with Gasteiger partial charge in [-0.25, -0.2) is 4.98 Å². The summed E-state index contributed by atoms with van der Waals surface area (Å²) in [6.07, 6.45) is -0.702. The molecule has 3 heteroatoms. The van der Waals surface area contributed by atoms with E-state index in [0.29, 0.717) is 5.15 Å². The van der Waals surface area contributed by atoms with E-state index in [0.717, 1.165) is 22.0 Å². The second-order valence-corrected chi connectivity index (χ2v) is 4.75. The molecule has 94 valence electrons. The lowest BCUT2D eigenvalue weighted by atomic mass is 9.98. The van der Waals surface area contributed by atoms with Gasteiger partial charge in [0.1, 0.15) is 11.3 Å². The monoisotopic (exact) mass is 269 g/mol. The van der Waals surface area contributed by atoms with Crippen LogP contribution in [0.25, 0.3) is 10.9 Å². The van der Waals surface area contributed by atoms with Crippen molar-refractivity contribution in [1.29, 1.82) is 0 Å². The van der Waals surface area contributed by atoms with Crippen molar-refractivity contribution in [2.45, 2.75) is 6.10 Å². The molecular weight excluding hydrogens is 258 g/mol. The van der Waals surface area contributed by atoms with Gasteiger partial charge in [-0.3, -0.25) is 0 Å². The van der Waals surface area contributed by atoms with Gasteiger partial charge in [0.15, 0.2) is 0 Å². The number of aromatic nitrogens is 1. The number of para-hydroxylation sites is 1. The minimum absolute atomic E-state index is 0.392. The molecule has 0 fully saturated rings. The van der Waals surface area contributed by atoms with E-state index in [1.165, 1.54) is 0 Å². The summed E-state index contributed by atoms with van der Waals surface area (Å²) in [7, 11) is 0. The topological polar surface area (TPSA) is 33.1 Å². The Bertz CT molecular complexity index is 712. The average molecular weight is 270 g/mol. The number of aliphatic hydroxyl groups is 1. The molecule has 19 heavy (non-hydrogen) atoms. The van der Waals surface area contributed by atoms with Crippen LogP contribution in [0.5, 0.6) is 0 Å². The highest BCUT2D eigenvalue weighted by atomic mass is 35.5. The standard InChI is InChI=1S/C16H12ClNO/c17-15-10-13(12-8-4-5-9-14(12)18-15)16(19)11-6-2-1-3-7-11/h1-10,16,19H. The first-order valence-corrected chi connectivity index (χ1v) is 6.42. The number of halogens is 1. The third-order valence-corrected chi connectivity index (χ3v) is 3.32. The van der Waals surface area contributed by atoms with E-state index in [1.54, 1.807) is 6.07 Å². The van der Waals surface area contributed by atoms with Crippen molar-refractivity contribution in [3.05, 3.63) is 76.9 Å². The summed E-state index contributed by atoms with van der Waals surface area (Å²) in [6.45, 7) is 0. The van der Waals surface area contributed by atoms with Gasteiger partial charge < -0.3 is 5.11 Å². The zero-order chi connectivity index (χ0) is 13.2. The number of pyridine rings is 1. The quantitative estimate of drug-likeness (QED) is 0.714. The third kappa shape index (κ3) is 2.33. The summed E-state index contributed by atoms with van der Waals surface area (Å²) in [5, 5.41) is 11.8. The summed E-state index contributed by atoms with van der Waals surface area (Å²) in [5.74, 6) is 0. The van der Waals surface area contributed by atoms with E-state index < -0.39 is 6.10 Å². The number of aliphatic hydroxyl groups excluding tert-OH is 1. The smallest absolute Gasteiger partial charge is 0.130 e. The van der Waals surface area contributed by atoms with Crippen LogP contribution in [0.4, 0.5) is 0 Å². The molecule has 1 aromatic heterocycles. The minimum atomic E-state index is -0.702. The maximum Gasteiger partial charge on any atom is 0.130 e. The SMILES string of the molecule is OC(c1ccccc1)c1cc(Cl)nc2ccccc12. The zero-order valence-electron chi connectivity index (χ0n) is 10.1. The fourth-order valence-electron chi connectivity index (χ4n) is 2.21. The van der Waals surface area contributed by atoms with E-state index in [4.69, 9.17) is 11.6 Å². The van der Waals surface area contributed by atoms with Crippen LogP contribution < -0.4 is 0 Å². The molecule has 3 aromatic rings. The van der Waals surface area contributed by atoms with Crippen molar-refractivity contribution in [2.24, 2.45) is 0 Å². The summed E-state index contributed by atoms with van der Waals surface area (Å²) >= 11 is 6.03. The molecule has 2 aromatic carbocycles. The first-order valence-electron chi connectivity index (χ1n) is 6.04. The van der Waals surface area contributed by atoms with Crippen molar-refractivity contribution < 1.29 is 5.11 Å². The van der Waals surface area contributed by atoms with E-state index >= 15 is 0 Å². The Morgan fingerprint density at radius 3 is 2.42 bits per heavy atom. The first kappa shape index (κ1) is 12.2. The molecule has 0 spiro atoms. The van der Waals surface area contributed by atoms with Crippen LogP contribution in [0.3, 0.4) is 0 Å². The first-order chi connectivity index (χ1) is 9.25. The molecule has 0 aliphatic heterocycles. The molecule has 0 saturated carbocycles. The maximum absolute atomic E-state index is 10.5. The molecule has 1 unspecified atom stereocenters. The van der Waals surface area contributed by atoms with Crippen LogP contribution in [0.15, 0.2) is 60.7 Å². The van der Waals surface area contributed by atoms with Crippen LogP contribution in [-0.4, -0.2) is 10.1 Å². The molecule has 0 bridgehead atoms. The lowest BCUT2D eigenvalue weighted by Crippen LogP contribution is -2.01. The van der Waals surface area contributed by atoms with E-state index in [1.807, 2.05) is 54.6 Å². The number of hydrogen-bond acceptors (Lipinski definition) is 2. The molecule has 0 amide bonds. The fourth-order valence-corrected chi connectivity index (χ4v) is 2.42. The van der Waals surface area contributed by atoms with Gasteiger partial charge in [0.05, 0.1) is 5.52 Å². The van der Waals surface area contributed by atoms with E-state index in [9.17, 15) is 5.11 Å². The number of benzene rings is 2. The van der Waals surface area contributed by atoms with Gasteiger partial charge in [-0.1, -0.05) is 60.1 Å². The van der Waals surface area contributed by atoms with Gasteiger partial charge >= 0.3 is 0 Å². The van der Waals surface area contributed by atoms with Gasteiger partial charge in [-0.05, 0) is 23.3 Å². The molecule has 1 N–H and O–H groups in total. The van der Waals surface area contributed by atoms with Crippen LogP contribution >= 0.6 is 11.6 Å². The van der Waals surface area contributed by atoms with Crippen molar-refractivity contribution in [1.82, 2.24) is 4.98 Å². The molecule has 3 rings (SSSR count). The van der Waals surface area contributed by atoms with Gasteiger partial charge in [0.25, 0.3) is 0 Å². The van der Waals surface area contributed by atoms with Crippen molar-refractivity contribution in [3.8, 4) is 0 Å². The van der Waals surface area contributed by atoms with E-state index in [2.05, 4.69) is 4.98 Å². The lowest BCUT2D eigenvalue weighted by molar-refractivity contribution is 0.222. The predicted octanol–water partition coefficient (Wildman–Crippen LogP) is 3.97. The van der Waals surface area contributed by atoms with Crippen LogP contribution in [0.2, 0.25) is 5.15 Å². The van der Waals surface area contributed by atoms with Crippen LogP contribution in [0.1, 0.15) is 17.2 Å². The fraction of sp³-hybridized carbons (Fsp3) is 0.0625. The average Bonchev–Trinajstić information content (AvgIpc) is 2.46. The molecule has 1 atom stereocenters. The largest absolute Gasteiger partial charge is 0.384 e. The number of nitrogens with zero attached hydrogens (tertiary/aromatic N) is 1. The number of hydrogen-bond donors (Lipinski definition) is 1. The Kier molecular flexibility index (Phi) is 3.20. The molecule has 0 aliphatic rings. The minimum Gasteiger partial charge on any atom is -0.384 e. The molecule has 1 heterocycles. The Labute approximate surface area is 116 Å². The van der Waals surface area contributed by atoms with Crippen LogP contribution in [0, 0.1) is 0 Å². The third-order valence-electron chi connectivity index (χ3n) is 3.13. The Morgan fingerprint density at radius 1 is 0.947 bits per heavy atom. The van der Waals surface area contributed by atoms with Crippen molar-refractivity contribution >= 4 is 22.5 Å². The second kappa shape index (κ2) is 5.00. The Hall–Kier alpha value is -1.90. The van der Waals surface area contributed by atoms with Gasteiger partial charge in [0.2, 0.25) is 0 Å². The van der Waals surface area contributed by atoms with Gasteiger partial charge in [-0.15, -0.1) is 0 Å². The molecule has 0 radical (unpaired) electrons. The highest BCUT2D eigenvalue weighted by Gasteiger charge is 2.14.